The van der Waals surface area contributed by atoms with Crippen molar-refractivity contribution in [2.45, 2.75) is 24.8 Å². The van der Waals surface area contributed by atoms with Crippen molar-refractivity contribution in [2.24, 2.45) is 0 Å². The summed E-state index contributed by atoms with van der Waals surface area (Å²) in [7, 11) is 0. The molecule has 7 nitrogen and oxygen atoms in total. The van der Waals surface area contributed by atoms with Crippen molar-refractivity contribution in [1.29, 1.82) is 0 Å². The zero-order valence-electron chi connectivity index (χ0n) is 11.6. The van der Waals surface area contributed by atoms with Crippen LogP contribution in [-0.2, 0) is 0 Å². The maximum absolute atomic E-state index is 12.6. The van der Waals surface area contributed by atoms with Gasteiger partial charge in [0.25, 0.3) is 5.91 Å². The molecule has 21 heavy (non-hydrogen) atoms. The molecule has 2 fully saturated rings. The fourth-order valence-electron chi connectivity index (χ4n) is 3.02. The van der Waals surface area contributed by atoms with Crippen LogP contribution in [0.3, 0.4) is 0 Å². The molecular weight excluding hydrogens is 270 g/mol. The van der Waals surface area contributed by atoms with Crippen LogP contribution in [0.4, 0.5) is 0 Å². The number of hydrogen-bond acceptors (Lipinski definition) is 5. The average molecular weight is 287 g/mol. The van der Waals surface area contributed by atoms with Crippen LogP contribution >= 0.6 is 0 Å². The molecule has 4 rings (SSSR count). The number of nitrogens with zero attached hydrogens (tertiary/aromatic N) is 3. The minimum Gasteiger partial charge on any atom is -0.351 e. The van der Waals surface area contributed by atoms with Gasteiger partial charge in [-0.05, 0) is 12.8 Å². The number of carbonyl (C=O) groups excluding carboxylic acids is 1. The highest BCUT2D eigenvalue weighted by molar-refractivity contribution is 5.92. The third-order valence-corrected chi connectivity index (χ3v) is 4.36. The third kappa shape index (κ3) is 2.13. The molecule has 0 saturated carbocycles. The van der Waals surface area contributed by atoms with Gasteiger partial charge in [0.2, 0.25) is 5.76 Å². The van der Waals surface area contributed by atoms with Crippen LogP contribution in [0.2, 0.25) is 0 Å². The fraction of sp³-hybridized carbons (Fsp3) is 0.500. The van der Waals surface area contributed by atoms with Gasteiger partial charge in [-0.2, -0.15) is 5.10 Å². The van der Waals surface area contributed by atoms with E-state index in [9.17, 15) is 4.79 Å². The van der Waals surface area contributed by atoms with Gasteiger partial charge in [-0.1, -0.05) is 5.16 Å². The molecule has 7 heteroatoms. The van der Waals surface area contributed by atoms with Crippen LogP contribution in [0.5, 0.6) is 0 Å². The van der Waals surface area contributed by atoms with Gasteiger partial charge in [0.05, 0.1) is 17.9 Å². The molecule has 110 valence electrons. The molecule has 1 unspecified atom stereocenters. The lowest BCUT2D eigenvalue weighted by molar-refractivity contribution is 0.0693. The molecule has 0 aliphatic carbocycles. The van der Waals surface area contributed by atoms with E-state index < -0.39 is 0 Å². The fourth-order valence-corrected chi connectivity index (χ4v) is 3.02. The van der Waals surface area contributed by atoms with E-state index in [1.54, 1.807) is 12.3 Å². The summed E-state index contributed by atoms with van der Waals surface area (Å²) in [5, 5.41) is 14.0. The number of likely N-dealkylation sites (tertiary alicyclic amines) is 1. The molecule has 2 N–H and O–H groups in total. The first-order valence-electron chi connectivity index (χ1n) is 7.30. The van der Waals surface area contributed by atoms with Crippen molar-refractivity contribution in [3.05, 3.63) is 35.5 Å². The Kier molecular flexibility index (Phi) is 2.99. The molecule has 0 bridgehead atoms. The summed E-state index contributed by atoms with van der Waals surface area (Å²) >= 11 is 0. The maximum Gasteiger partial charge on any atom is 0.292 e. The minimum absolute atomic E-state index is 0.0789. The Hall–Kier alpha value is -2.15. The highest BCUT2D eigenvalue weighted by atomic mass is 16.5. The number of amides is 1. The maximum atomic E-state index is 12.6. The number of nitrogens with one attached hydrogen (secondary N) is 2. The van der Waals surface area contributed by atoms with E-state index in [1.807, 2.05) is 11.1 Å². The van der Waals surface area contributed by atoms with E-state index in [-0.39, 0.29) is 11.9 Å². The molecule has 0 spiro atoms. The Labute approximate surface area is 121 Å². The molecular formula is C14H17N5O2. The SMILES string of the molecule is O=C(c1cc(C2CNC2)no1)N1CCCC1c1cn[nH]c1. The van der Waals surface area contributed by atoms with Crippen molar-refractivity contribution >= 4 is 5.91 Å². The predicted molar refractivity (Wildman–Crippen MR) is 73.7 cm³/mol. The van der Waals surface area contributed by atoms with Crippen molar-refractivity contribution in [1.82, 2.24) is 25.6 Å². The summed E-state index contributed by atoms with van der Waals surface area (Å²) in [6, 6.07) is 1.87. The van der Waals surface area contributed by atoms with E-state index in [2.05, 4.69) is 20.7 Å². The van der Waals surface area contributed by atoms with E-state index in [0.717, 1.165) is 43.7 Å². The highest BCUT2D eigenvalue weighted by Crippen LogP contribution is 2.33. The van der Waals surface area contributed by atoms with Gasteiger partial charge in [0.15, 0.2) is 0 Å². The van der Waals surface area contributed by atoms with Gasteiger partial charge in [-0.25, -0.2) is 0 Å². The van der Waals surface area contributed by atoms with E-state index in [0.29, 0.717) is 11.7 Å². The summed E-state index contributed by atoms with van der Waals surface area (Å²) in [6.07, 6.45) is 5.58. The summed E-state index contributed by atoms with van der Waals surface area (Å²) in [6.45, 7) is 2.55. The van der Waals surface area contributed by atoms with E-state index in [1.165, 1.54) is 0 Å². The zero-order valence-corrected chi connectivity index (χ0v) is 11.6. The smallest absolute Gasteiger partial charge is 0.292 e. The second-order valence-corrected chi connectivity index (χ2v) is 5.66. The monoisotopic (exact) mass is 287 g/mol. The summed E-state index contributed by atoms with van der Waals surface area (Å²) in [5.74, 6) is 0.635. The Morgan fingerprint density at radius 3 is 3.05 bits per heavy atom. The van der Waals surface area contributed by atoms with Crippen molar-refractivity contribution < 1.29 is 9.32 Å². The second-order valence-electron chi connectivity index (χ2n) is 5.66. The van der Waals surface area contributed by atoms with Gasteiger partial charge in [0.1, 0.15) is 0 Å². The highest BCUT2D eigenvalue weighted by Gasteiger charge is 2.33. The van der Waals surface area contributed by atoms with Crippen LogP contribution < -0.4 is 5.32 Å². The van der Waals surface area contributed by atoms with Gasteiger partial charge >= 0.3 is 0 Å². The number of H-pyrrole nitrogens is 1. The number of carbonyl (C=O) groups is 1. The minimum atomic E-state index is -0.0790. The first-order valence-corrected chi connectivity index (χ1v) is 7.30. The first kappa shape index (κ1) is 12.6. The quantitative estimate of drug-likeness (QED) is 0.881. The van der Waals surface area contributed by atoms with Gasteiger partial charge in [-0.3, -0.25) is 9.89 Å². The van der Waals surface area contributed by atoms with Crippen LogP contribution in [-0.4, -0.2) is 45.8 Å². The Bertz CT molecular complexity index is 632. The number of aromatic amines is 1. The van der Waals surface area contributed by atoms with Gasteiger partial charge in [0, 0.05) is 43.4 Å². The zero-order chi connectivity index (χ0) is 14.2. The summed E-state index contributed by atoms with van der Waals surface area (Å²) in [5.41, 5.74) is 1.92. The Morgan fingerprint density at radius 2 is 2.33 bits per heavy atom. The Balaban J connectivity index is 1.54. The van der Waals surface area contributed by atoms with Crippen molar-refractivity contribution in [3.63, 3.8) is 0 Å². The lowest BCUT2D eigenvalue weighted by Crippen LogP contribution is -2.40. The molecule has 0 aromatic carbocycles. The van der Waals surface area contributed by atoms with Gasteiger partial charge in [-0.15, -0.1) is 0 Å². The van der Waals surface area contributed by atoms with Crippen molar-refractivity contribution in [2.75, 3.05) is 19.6 Å². The van der Waals surface area contributed by atoms with E-state index >= 15 is 0 Å². The van der Waals surface area contributed by atoms with Gasteiger partial charge < -0.3 is 14.7 Å². The molecule has 1 atom stereocenters. The summed E-state index contributed by atoms with van der Waals surface area (Å²) < 4.78 is 5.27. The lowest BCUT2D eigenvalue weighted by Gasteiger charge is -2.24. The Morgan fingerprint density at radius 1 is 1.43 bits per heavy atom. The topological polar surface area (TPSA) is 87.1 Å². The van der Waals surface area contributed by atoms with Crippen molar-refractivity contribution in [3.8, 4) is 0 Å². The molecule has 2 saturated heterocycles. The van der Waals surface area contributed by atoms with Crippen LogP contribution in [0.15, 0.2) is 23.0 Å². The van der Waals surface area contributed by atoms with Crippen LogP contribution in [0.25, 0.3) is 0 Å². The molecule has 2 aromatic heterocycles. The third-order valence-electron chi connectivity index (χ3n) is 4.36. The molecule has 0 radical (unpaired) electrons. The predicted octanol–water partition coefficient (Wildman–Crippen LogP) is 1.06. The van der Waals surface area contributed by atoms with Crippen LogP contribution in [0.1, 0.15) is 46.6 Å². The molecule has 2 aliphatic rings. The average Bonchev–Trinajstić information content (AvgIpc) is 3.16. The molecule has 2 aliphatic heterocycles. The van der Waals surface area contributed by atoms with Crippen LogP contribution in [0, 0.1) is 0 Å². The van der Waals surface area contributed by atoms with E-state index in [4.69, 9.17) is 4.52 Å². The lowest BCUT2D eigenvalue weighted by atomic mass is 9.99. The number of rotatable bonds is 3. The second kappa shape index (κ2) is 5.00. The standard InChI is InChI=1S/C14H17N5O2/c20-14(13-4-11(18-21-13)9-5-15-6-9)19-3-1-2-12(19)10-7-16-17-8-10/h4,7-9,12,15H,1-3,5-6H2,(H,16,17). The largest absolute Gasteiger partial charge is 0.351 e. The number of aromatic nitrogens is 3. The normalized spacial score (nSPS) is 22.5. The number of hydrogen-bond donors (Lipinski definition) is 2. The molecule has 4 heterocycles. The summed E-state index contributed by atoms with van der Waals surface area (Å²) in [4.78, 5) is 14.5. The molecule has 1 amide bonds. The first-order chi connectivity index (χ1) is 10.3. The molecule has 2 aromatic rings.